The first-order valence-corrected chi connectivity index (χ1v) is 4.94. The van der Waals surface area contributed by atoms with Gasteiger partial charge >= 0.3 is 12.1 Å². The summed E-state index contributed by atoms with van der Waals surface area (Å²) in [4.78, 5) is 10.9. The number of carbonyl (C=O) groups excluding carboxylic acids is 1. The quantitative estimate of drug-likeness (QED) is 0.803. The van der Waals surface area contributed by atoms with Gasteiger partial charge in [0.1, 0.15) is 5.75 Å². The number of halogens is 2. The molecule has 0 aliphatic carbocycles. The first-order chi connectivity index (χ1) is 8.01. The van der Waals surface area contributed by atoms with Crippen LogP contribution in [0.1, 0.15) is 12.5 Å². The Bertz CT molecular complexity index is 393. The highest BCUT2D eigenvalue weighted by atomic mass is 19.3. The van der Waals surface area contributed by atoms with E-state index >= 15 is 0 Å². The Morgan fingerprint density at radius 3 is 2.65 bits per heavy atom. The molecule has 0 spiro atoms. The van der Waals surface area contributed by atoms with Gasteiger partial charge in [-0.05, 0) is 13.0 Å². The third-order valence-electron chi connectivity index (χ3n) is 1.89. The van der Waals surface area contributed by atoms with Gasteiger partial charge in [-0.3, -0.25) is 0 Å². The molecule has 0 aliphatic rings. The van der Waals surface area contributed by atoms with E-state index in [9.17, 15) is 13.6 Å². The second-order valence-corrected chi connectivity index (χ2v) is 3.11. The molecule has 1 aromatic carbocycles. The van der Waals surface area contributed by atoms with Crippen LogP contribution in [0.2, 0.25) is 0 Å². The summed E-state index contributed by atoms with van der Waals surface area (Å²) in [5.74, 6) is -2.01. The number of hydrogen-bond acceptors (Lipinski definition) is 4. The van der Waals surface area contributed by atoms with E-state index < -0.39 is 18.7 Å². The van der Waals surface area contributed by atoms with E-state index in [-0.39, 0.29) is 17.9 Å². The standard InChI is InChI=1S/C11H12F2O4/c1-2-16-10(15)11(12,13)17-9-6-4-3-5-8(9)7-14/h3-6,14H,2,7H2,1H3. The molecule has 1 N–H and O–H groups in total. The Morgan fingerprint density at radius 2 is 2.06 bits per heavy atom. The first-order valence-electron chi connectivity index (χ1n) is 4.94. The van der Waals surface area contributed by atoms with Crippen LogP contribution in [-0.2, 0) is 16.1 Å². The van der Waals surface area contributed by atoms with Crippen LogP contribution in [0.3, 0.4) is 0 Å². The Labute approximate surface area is 96.8 Å². The van der Waals surface area contributed by atoms with Crippen molar-refractivity contribution >= 4 is 5.97 Å². The minimum absolute atomic E-state index is 0.163. The van der Waals surface area contributed by atoms with Gasteiger partial charge in [0, 0.05) is 5.56 Å². The summed E-state index contributed by atoms with van der Waals surface area (Å²) in [6, 6.07) is 5.66. The zero-order valence-corrected chi connectivity index (χ0v) is 9.15. The van der Waals surface area contributed by atoms with Crippen molar-refractivity contribution in [3.8, 4) is 5.75 Å². The largest absolute Gasteiger partial charge is 0.502 e. The number of hydrogen-bond donors (Lipinski definition) is 1. The van der Waals surface area contributed by atoms with Gasteiger partial charge in [0.25, 0.3) is 0 Å². The number of benzene rings is 1. The molecule has 0 atom stereocenters. The fraction of sp³-hybridized carbons (Fsp3) is 0.364. The predicted octanol–water partition coefficient (Wildman–Crippen LogP) is 1.71. The molecule has 4 nitrogen and oxygen atoms in total. The monoisotopic (exact) mass is 246 g/mol. The zero-order chi connectivity index (χ0) is 12.9. The van der Waals surface area contributed by atoms with Gasteiger partial charge < -0.3 is 14.6 Å². The average molecular weight is 246 g/mol. The first kappa shape index (κ1) is 13.4. The fourth-order valence-electron chi connectivity index (χ4n) is 1.13. The smallest absolute Gasteiger partial charge is 0.459 e. The fourth-order valence-corrected chi connectivity index (χ4v) is 1.13. The van der Waals surface area contributed by atoms with E-state index in [0.717, 1.165) is 0 Å². The van der Waals surface area contributed by atoms with E-state index in [1.54, 1.807) is 6.07 Å². The summed E-state index contributed by atoms with van der Waals surface area (Å²) in [6.45, 7) is 0.782. The molecule has 0 saturated carbocycles. The molecule has 0 aromatic heterocycles. The lowest BCUT2D eigenvalue weighted by Crippen LogP contribution is -2.37. The summed E-state index contributed by atoms with van der Waals surface area (Å²) in [6.07, 6.45) is -4.07. The van der Waals surface area contributed by atoms with Crippen molar-refractivity contribution in [2.75, 3.05) is 6.61 Å². The molecule has 94 valence electrons. The molecule has 17 heavy (non-hydrogen) atoms. The van der Waals surface area contributed by atoms with Crippen molar-refractivity contribution in [3.63, 3.8) is 0 Å². The molecule has 1 aromatic rings. The summed E-state index contributed by atoms with van der Waals surface area (Å²) < 4.78 is 34.9. The second-order valence-electron chi connectivity index (χ2n) is 3.11. The van der Waals surface area contributed by atoms with Gasteiger partial charge in [0.15, 0.2) is 0 Å². The number of esters is 1. The van der Waals surface area contributed by atoms with Crippen LogP contribution in [0.25, 0.3) is 0 Å². The Morgan fingerprint density at radius 1 is 1.41 bits per heavy atom. The van der Waals surface area contributed by atoms with Gasteiger partial charge in [-0.15, -0.1) is 0 Å². The molecule has 0 aliphatic heterocycles. The van der Waals surface area contributed by atoms with Gasteiger partial charge in [-0.2, -0.15) is 8.78 Å². The highest BCUT2D eigenvalue weighted by molar-refractivity contribution is 5.76. The maximum Gasteiger partial charge on any atom is 0.502 e. The van der Waals surface area contributed by atoms with Crippen molar-refractivity contribution in [2.24, 2.45) is 0 Å². The number of rotatable bonds is 5. The third kappa shape index (κ3) is 3.39. The highest BCUT2D eigenvalue weighted by Gasteiger charge is 2.44. The van der Waals surface area contributed by atoms with E-state index in [2.05, 4.69) is 9.47 Å². The van der Waals surface area contributed by atoms with Gasteiger partial charge in [0.05, 0.1) is 13.2 Å². The maximum absolute atomic E-state index is 13.2. The lowest BCUT2D eigenvalue weighted by Gasteiger charge is -2.17. The molecular weight excluding hydrogens is 234 g/mol. The second kappa shape index (κ2) is 5.58. The highest BCUT2D eigenvalue weighted by Crippen LogP contribution is 2.26. The Kier molecular flexibility index (Phi) is 4.39. The normalized spacial score (nSPS) is 11.1. The number of aliphatic hydroxyl groups excluding tert-OH is 1. The van der Waals surface area contributed by atoms with Gasteiger partial charge in [-0.25, -0.2) is 4.79 Å². The average Bonchev–Trinajstić information content (AvgIpc) is 2.29. The minimum atomic E-state index is -4.07. The summed E-state index contributed by atoms with van der Waals surface area (Å²) in [5.41, 5.74) is 0.163. The van der Waals surface area contributed by atoms with E-state index in [1.165, 1.54) is 25.1 Å². The summed E-state index contributed by atoms with van der Waals surface area (Å²) in [5, 5.41) is 8.92. The molecule has 6 heteroatoms. The van der Waals surface area contributed by atoms with Crippen LogP contribution in [0.4, 0.5) is 8.78 Å². The number of ether oxygens (including phenoxy) is 2. The van der Waals surface area contributed by atoms with Crippen LogP contribution < -0.4 is 4.74 Å². The third-order valence-corrected chi connectivity index (χ3v) is 1.89. The molecule has 0 amide bonds. The van der Waals surface area contributed by atoms with Gasteiger partial charge in [-0.1, -0.05) is 18.2 Å². The number of aliphatic hydroxyl groups is 1. The van der Waals surface area contributed by atoms with Crippen molar-refractivity contribution in [3.05, 3.63) is 29.8 Å². The van der Waals surface area contributed by atoms with E-state index in [0.29, 0.717) is 0 Å². The summed E-state index contributed by atoms with van der Waals surface area (Å²) >= 11 is 0. The van der Waals surface area contributed by atoms with Crippen molar-refractivity contribution in [1.29, 1.82) is 0 Å². The molecule has 0 radical (unpaired) electrons. The molecule has 0 fully saturated rings. The van der Waals surface area contributed by atoms with Gasteiger partial charge in [0.2, 0.25) is 0 Å². The van der Waals surface area contributed by atoms with Crippen LogP contribution in [0.15, 0.2) is 24.3 Å². The zero-order valence-electron chi connectivity index (χ0n) is 9.15. The molecule has 0 saturated heterocycles. The summed E-state index contributed by atoms with van der Waals surface area (Å²) in [7, 11) is 0. The lowest BCUT2D eigenvalue weighted by molar-refractivity contribution is -0.216. The van der Waals surface area contributed by atoms with E-state index in [4.69, 9.17) is 5.11 Å². The molecule has 0 heterocycles. The van der Waals surface area contributed by atoms with Crippen molar-refractivity contribution in [1.82, 2.24) is 0 Å². The van der Waals surface area contributed by atoms with Crippen LogP contribution in [0.5, 0.6) is 5.75 Å². The predicted molar refractivity (Wildman–Crippen MR) is 54.6 cm³/mol. The molecular formula is C11H12F2O4. The Hall–Kier alpha value is -1.69. The van der Waals surface area contributed by atoms with Crippen LogP contribution >= 0.6 is 0 Å². The van der Waals surface area contributed by atoms with E-state index in [1.807, 2.05) is 0 Å². The molecule has 0 unspecified atom stereocenters. The maximum atomic E-state index is 13.2. The minimum Gasteiger partial charge on any atom is -0.459 e. The number of carbonyl (C=O) groups is 1. The number of alkyl halides is 2. The van der Waals surface area contributed by atoms with Crippen molar-refractivity contribution in [2.45, 2.75) is 19.6 Å². The van der Waals surface area contributed by atoms with Crippen molar-refractivity contribution < 1.29 is 28.2 Å². The lowest BCUT2D eigenvalue weighted by atomic mass is 10.2. The van der Waals surface area contributed by atoms with Crippen LogP contribution in [0, 0.1) is 0 Å². The number of para-hydroxylation sites is 1. The molecule has 0 bridgehead atoms. The molecule has 1 rings (SSSR count). The topological polar surface area (TPSA) is 55.8 Å². The Balaban J connectivity index is 2.85. The van der Waals surface area contributed by atoms with Crippen LogP contribution in [-0.4, -0.2) is 23.8 Å². The SMILES string of the molecule is CCOC(=O)C(F)(F)Oc1ccccc1CO.